The number of fused-ring (bicyclic) bond motifs is 1. The van der Waals surface area contributed by atoms with Crippen molar-refractivity contribution in [3.8, 4) is 11.4 Å². The van der Waals surface area contributed by atoms with Crippen LogP contribution in [0.25, 0.3) is 22.3 Å². The molecule has 0 radical (unpaired) electrons. The van der Waals surface area contributed by atoms with Gasteiger partial charge in [0.2, 0.25) is 0 Å². The van der Waals surface area contributed by atoms with Crippen LogP contribution in [-0.4, -0.2) is 31.5 Å². The van der Waals surface area contributed by atoms with Gasteiger partial charge in [0.05, 0.1) is 11.5 Å². The fraction of sp³-hybridized carbons (Fsp3) is 0.143. The number of hydrogen-bond donors (Lipinski definition) is 0. The summed E-state index contributed by atoms with van der Waals surface area (Å²) >= 11 is 1.09. The molecule has 21 heavy (non-hydrogen) atoms. The number of benzene rings is 1. The van der Waals surface area contributed by atoms with Gasteiger partial charge in [-0.1, -0.05) is 17.8 Å². The first-order valence-electron chi connectivity index (χ1n) is 6.22. The molecule has 2 heterocycles. The van der Waals surface area contributed by atoms with Gasteiger partial charge in [0, 0.05) is 29.9 Å². The van der Waals surface area contributed by atoms with Crippen LogP contribution in [0.1, 0.15) is 0 Å². The SMILES string of the molecule is Cn1c(SCC(=O)[O-])nnc1-c1ccc2ncccc2c1. The monoisotopic (exact) mass is 299 g/mol. The zero-order valence-electron chi connectivity index (χ0n) is 11.2. The molecule has 0 fully saturated rings. The number of nitrogens with zero attached hydrogens (tertiary/aromatic N) is 4. The number of aromatic nitrogens is 4. The van der Waals surface area contributed by atoms with E-state index in [1.807, 2.05) is 30.3 Å². The van der Waals surface area contributed by atoms with Gasteiger partial charge in [0.15, 0.2) is 11.0 Å². The molecule has 0 aliphatic heterocycles. The minimum atomic E-state index is -1.12. The molecular weight excluding hydrogens is 288 g/mol. The molecule has 7 heteroatoms. The first kappa shape index (κ1) is 13.6. The predicted molar refractivity (Wildman–Crippen MR) is 77.5 cm³/mol. The quantitative estimate of drug-likeness (QED) is 0.665. The lowest BCUT2D eigenvalue weighted by atomic mass is 10.1. The second-order valence-electron chi connectivity index (χ2n) is 4.44. The Morgan fingerprint density at radius 2 is 2.19 bits per heavy atom. The molecule has 2 aromatic heterocycles. The highest BCUT2D eigenvalue weighted by atomic mass is 32.2. The molecular formula is C14H11N4O2S-. The summed E-state index contributed by atoms with van der Waals surface area (Å²) in [5.41, 5.74) is 1.82. The summed E-state index contributed by atoms with van der Waals surface area (Å²) in [4.78, 5) is 14.8. The maximum atomic E-state index is 10.5. The fourth-order valence-corrected chi connectivity index (χ4v) is 2.66. The number of carbonyl (C=O) groups is 1. The summed E-state index contributed by atoms with van der Waals surface area (Å²) in [6.45, 7) is 0. The molecule has 0 aliphatic carbocycles. The van der Waals surface area contributed by atoms with Gasteiger partial charge in [-0.25, -0.2) is 0 Å². The Morgan fingerprint density at radius 3 is 3.00 bits per heavy atom. The molecule has 3 aromatic rings. The first-order chi connectivity index (χ1) is 10.1. The van der Waals surface area contributed by atoms with Gasteiger partial charge in [-0.05, 0) is 24.3 Å². The number of hydrogen-bond acceptors (Lipinski definition) is 6. The molecule has 0 bridgehead atoms. The zero-order chi connectivity index (χ0) is 14.8. The van der Waals surface area contributed by atoms with E-state index in [-0.39, 0.29) is 5.75 Å². The normalized spacial score (nSPS) is 10.9. The van der Waals surface area contributed by atoms with Crippen molar-refractivity contribution in [3.63, 3.8) is 0 Å². The summed E-state index contributed by atoms with van der Waals surface area (Å²) in [6, 6.07) is 9.69. The molecule has 0 saturated heterocycles. The predicted octanol–water partition coefficient (Wildman–Crippen LogP) is 0.872. The van der Waals surface area contributed by atoms with Crippen LogP contribution in [0.15, 0.2) is 41.7 Å². The van der Waals surface area contributed by atoms with Crippen molar-refractivity contribution in [2.24, 2.45) is 7.05 Å². The molecule has 0 unspecified atom stereocenters. The van der Waals surface area contributed by atoms with E-state index in [0.717, 1.165) is 28.2 Å². The van der Waals surface area contributed by atoms with Crippen molar-refractivity contribution >= 4 is 28.6 Å². The minimum Gasteiger partial charge on any atom is -0.549 e. The van der Waals surface area contributed by atoms with E-state index in [0.29, 0.717) is 11.0 Å². The highest BCUT2D eigenvalue weighted by molar-refractivity contribution is 7.99. The van der Waals surface area contributed by atoms with E-state index < -0.39 is 5.97 Å². The lowest BCUT2D eigenvalue weighted by molar-refractivity contribution is -0.301. The summed E-state index contributed by atoms with van der Waals surface area (Å²) < 4.78 is 1.77. The van der Waals surface area contributed by atoms with E-state index in [9.17, 15) is 9.90 Å². The number of carboxylic acid groups (broad SMARTS) is 1. The number of aliphatic carboxylic acids is 1. The van der Waals surface area contributed by atoms with Gasteiger partial charge in [-0.2, -0.15) is 0 Å². The van der Waals surface area contributed by atoms with Crippen LogP contribution in [0, 0.1) is 0 Å². The van der Waals surface area contributed by atoms with Crippen molar-refractivity contribution < 1.29 is 9.90 Å². The summed E-state index contributed by atoms with van der Waals surface area (Å²) in [5, 5.41) is 20.2. The van der Waals surface area contributed by atoms with Crippen LogP contribution in [-0.2, 0) is 11.8 Å². The minimum absolute atomic E-state index is 0.145. The van der Waals surface area contributed by atoms with Gasteiger partial charge in [0.25, 0.3) is 0 Å². The molecule has 3 rings (SSSR count). The van der Waals surface area contributed by atoms with Crippen LogP contribution in [0.4, 0.5) is 0 Å². The van der Waals surface area contributed by atoms with Crippen molar-refractivity contribution in [2.75, 3.05) is 5.75 Å². The van der Waals surface area contributed by atoms with Crippen molar-refractivity contribution in [1.29, 1.82) is 0 Å². The smallest absolute Gasteiger partial charge is 0.191 e. The number of thioether (sulfide) groups is 1. The third-order valence-corrected chi connectivity index (χ3v) is 4.01. The molecule has 0 spiro atoms. The molecule has 1 aromatic carbocycles. The Kier molecular flexibility index (Phi) is 3.57. The van der Waals surface area contributed by atoms with E-state index in [2.05, 4.69) is 15.2 Å². The Hall–Kier alpha value is -2.41. The number of rotatable bonds is 4. The Bertz CT molecular complexity index is 816. The lowest BCUT2D eigenvalue weighted by Crippen LogP contribution is -2.24. The number of carboxylic acids is 1. The van der Waals surface area contributed by atoms with Gasteiger partial charge >= 0.3 is 0 Å². The van der Waals surface area contributed by atoms with Crippen LogP contribution in [0.2, 0.25) is 0 Å². The first-order valence-corrected chi connectivity index (χ1v) is 7.21. The summed E-state index contributed by atoms with van der Waals surface area (Å²) in [7, 11) is 1.81. The van der Waals surface area contributed by atoms with Crippen molar-refractivity contribution in [2.45, 2.75) is 5.16 Å². The zero-order valence-corrected chi connectivity index (χ0v) is 12.0. The lowest BCUT2D eigenvalue weighted by Gasteiger charge is -2.05. The third kappa shape index (κ3) is 2.73. The second-order valence-corrected chi connectivity index (χ2v) is 5.38. The van der Waals surface area contributed by atoms with E-state index >= 15 is 0 Å². The molecule has 106 valence electrons. The van der Waals surface area contributed by atoms with Gasteiger partial charge < -0.3 is 14.5 Å². The molecule has 6 nitrogen and oxygen atoms in total. The Morgan fingerprint density at radius 1 is 1.33 bits per heavy atom. The van der Waals surface area contributed by atoms with Gasteiger partial charge in [-0.15, -0.1) is 10.2 Å². The average molecular weight is 299 g/mol. The highest BCUT2D eigenvalue weighted by Crippen LogP contribution is 2.24. The van der Waals surface area contributed by atoms with Crippen LogP contribution in [0.3, 0.4) is 0 Å². The average Bonchev–Trinajstić information content (AvgIpc) is 2.85. The molecule has 0 amide bonds. The van der Waals surface area contributed by atoms with Crippen LogP contribution >= 0.6 is 11.8 Å². The van der Waals surface area contributed by atoms with E-state index in [1.165, 1.54) is 0 Å². The van der Waals surface area contributed by atoms with Gasteiger partial charge in [-0.3, -0.25) is 4.98 Å². The van der Waals surface area contributed by atoms with Gasteiger partial charge in [0.1, 0.15) is 0 Å². The topological polar surface area (TPSA) is 83.7 Å². The Balaban J connectivity index is 1.97. The van der Waals surface area contributed by atoms with Crippen LogP contribution < -0.4 is 5.11 Å². The largest absolute Gasteiger partial charge is 0.549 e. The summed E-state index contributed by atoms with van der Waals surface area (Å²) in [5.74, 6) is -0.587. The van der Waals surface area contributed by atoms with Crippen LogP contribution in [0.5, 0.6) is 0 Å². The Labute approximate surface area is 124 Å². The maximum absolute atomic E-state index is 10.5. The number of carbonyl (C=O) groups excluding carboxylic acids is 1. The number of pyridine rings is 1. The van der Waals surface area contributed by atoms with E-state index in [1.54, 1.807) is 17.8 Å². The highest BCUT2D eigenvalue weighted by Gasteiger charge is 2.11. The molecule has 0 aliphatic rings. The maximum Gasteiger partial charge on any atom is 0.191 e. The molecule has 0 atom stereocenters. The second kappa shape index (κ2) is 5.53. The van der Waals surface area contributed by atoms with Crippen molar-refractivity contribution in [1.82, 2.24) is 19.7 Å². The summed E-state index contributed by atoms with van der Waals surface area (Å²) in [6.07, 6.45) is 1.75. The fourth-order valence-electron chi connectivity index (χ4n) is 2.03. The van der Waals surface area contributed by atoms with E-state index in [4.69, 9.17) is 0 Å². The standard InChI is InChI=1S/C14H12N4O2S/c1-18-13(16-17-14(18)21-8-12(19)20)10-4-5-11-9(7-10)3-2-6-15-11/h2-7H,8H2,1H3,(H,19,20)/p-1. The third-order valence-electron chi connectivity index (χ3n) is 3.02. The van der Waals surface area contributed by atoms with Crippen molar-refractivity contribution in [3.05, 3.63) is 36.5 Å². The molecule has 0 N–H and O–H groups in total. The molecule has 0 saturated carbocycles.